The predicted octanol–water partition coefficient (Wildman–Crippen LogP) is 1.52. The number of amides is 1. The summed E-state index contributed by atoms with van der Waals surface area (Å²) in [5.74, 6) is -0.0245. The second-order valence-corrected chi connectivity index (χ2v) is 7.73. The summed E-state index contributed by atoms with van der Waals surface area (Å²) >= 11 is 0. The first-order valence-corrected chi connectivity index (χ1v) is 9.35. The molecule has 1 unspecified atom stereocenters. The SMILES string of the molecule is O=C1C(N2CCS(=O)CC2)CCCN1Cc1ccc(F)cc1F. The van der Waals surface area contributed by atoms with E-state index in [4.69, 9.17) is 0 Å². The molecule has 2 heterocycles. The molecule has 2 aliphatic rings. The van der Waals surface area contributed by atoms with Gasteiger partial charge in [0.2, 0.25) is 5.91 Å². The molecule has 2 saturated heterocycles. The molecule has 0 N–H and O–H groups in total. The standard InChI is InChI=1S/C16H20F2N2O2S/c17-13-4-3-12(14(18)10-13)11-20-5-1-2-15(16(20)21)19-6-8-23(22)9-7-19/h3-4,10,15H,1-2,5-9,11H2. The molecule has 0 aliphatic carbocycles. The van der Waals surface area contributed by atoms with E-state index in [1.807, 2.05) is 0 Å². The maximum atomic E-state index is 13.8. The summed E-state index contributed by atoms with van der Waals surface area (Å²) in [5, 5.41) is 0. The van der Waals surface area contributed by atoms with Gasteiger partial charge in [0.05, 0.1) is 6.04 Å². The van der Waals surface area contributed by atoms with E-state index in [0.717, 1.165) is 18.9 Å². The Morgan fingerprint density at radius 3 is 2.61 bits per heavy atom. The van der Waals surface area contributed by atoms with Crippen molar-refractivity contribution in [3.05, 3.63) is 35.4 Å². The van der Waals surface area contributed by atoms with Crippen LogP contribution in [0, 0.1) is 11.6 Å². The van der Waals surface area contributed by atoms with Crippen LogP contribution in [0.4, 0.5) is 8.78 Å². The smallest absolute Gasteiger partial charge is 0.240 e. The third-order valence-electron chi connectivity index (χ3n) is 4.53. The third kappa shape index (κ3) is 3.77. The molecule has 2 aliphatic heterocycles. The maximum Gasteiger partial charge on any atom is 0.240 e. The van der Waals surface area contributed by atoms with Gasteiger partial charge in [-0.25, -0.2) is 8.78 Å². The van der Waals surface area contributed by atoms with Gasteiger partial charge >= 0.3 is 0 Å². The lowest BCUT2D eigenvalue weighted by atomic mass is 10.0. The molecule has 0 saturated carbocycles. The molecule has 0 spiro atoms. The highest BCUT2D eigenvalue weighted by Gasteiger charge is 2.34. The van der Waals surface area contributed by atoms with Gasteiger partial charge in [0.25, 0.3) is 0 Å². The van der Waals surface area contributed by atoms with E-state index in [-0.39, 0.29) is 18.5 Å². The molecule has 4 nitrogen and oxygen atoms in total. The van der Waals surface area contributed by atoms with Crippen molar-refractivity contribution in [2.24, 2.45) is 0 Å². The Morgan fingerprint density at radius 2 is 1.91 bits per heavy atom. The molecule has 1 aromatic rings. The lowest BCUT2D eigenvalue weighted by Gasteiger charge is -2.39. The van der Waals surface area contributed by atoms with E-state index < -0.39 is 22.4 Å². The van der Waals surface area contributed by atoms with Crippen molar-refractivity contribution in [3.63, 3.8) is 0 Å². The zero-order valence-corrected chi connectivity index (χ0v) is 13.7. The Labute approximate surface area is 136 Å². The summed E-state index contributed by atoms with van der Waals surface area (Å²) in [6.45, 7) is 2.09. The summed E-state index contributed by atoms with van der Waals surface area (Å²) in [6.07, 6.45) is 1.65. The average Bonchev–Trinajstić information content (AvgIpc) is 2.53. The van der Waals surface area contributed by atoms with Crippen molar-refractivity contribution >= 4 is 16.7 Å². The van der Waals surface area contributed by atoms with Crippen LogP contribution >= 0.6 is 0 Å². The van der Waals surface area contributed by atoms with E-state index in [9.17, 15) is 17.8 Å². The fourth-order valence-electron chi connectivity index (χ4n) is 3.23. The Bertz CT molecular complexity index is 616. The Kier molecular flexibility index (Phi) is 5.06. The van der Waals surface area contributed by atoms with Crippen LogP contribution in [0.3, 0.4) is 0 Å². The van der Waals surface area contributed by atoms with Crippen LogP contribution in [0.2, 0.25) is 0 Å². The van der Waals surface area contributed by atoms with E-state index >= 15 is 0 Å². The van der Waals surface area contributed by atoms with Gasteiger partial charge in [-0.3, -0.25) is 13.9 Å². The largest absolute Gasteiger partial charge is 0.337 e. The highest BCUT2D eigenvalue weighted by Crippen LogP contribution is 2.22. The molecule has 7 heteroatoms. The van der Waals surface area contributed by atoms with Crippen LogP contribution in [0.15, 0.2) is 18.2 Å². The Hall–Kier alpha value is -1.34. The Morgan fingerprint density at radius 1 is 1.17 bits per heavy atom. The summed E-state index contributed by atoms with van der Waals surface area (Å²) in [5.41, 5.74) is 0.333. The zero-order valence-electron chi connectivity index (χ0n) is 12.8. The number of hydrogen-bond acceptors (Lipinski definition) is 3. The van der Waals surface area contributed by atoms with Gasteiger partial charge in [-0.1, -0.05) is 6.07 Å². The second kappa shape index (κ2) is 7.05. The van der Waals surface area contributed by atoms with Crippen molar-refractivity contribution in [2.75, 3.05) is 31.1 Å². The zero-order chi connectivity index (χ0) is 16.4. The molecule has 3 rings (SSSR count). The number of piperidine rings is 1. The molecule has 1 amide bonds. The number of nitrogens with zero attached hydrogens (tertiary/aromatic N) is 2. The number of carbonyl (C=O) groups excluding carboxylic acids is 1. The van der Waals surface area contributed by atoms with E-state index in [0.29, 0.717) is 36.7 Å². The first kappa shape index (κ1) is 16.5. The monoisotopic (exact) mass is 342 g/mol. The van der Waals surface area contributed by atoms with Crippen LogP contribution in [0.5, 0.6) is 0 Å². The van der Waals surface area contributed by atoms with Gasteiger partial charge < -0.3 is 4.90 Å². The summed E-state index contributed by atoms with van der Waals surface area (Å²) in [4.78, 5) is 16.4. The van der Waals surface area contributed by atoms with Crippen molar-refractivity contribution in [1.82, 2.24) is 9.80 Å². The van der Waals surface area contributed by atoms with Gasteiger partial charge in [0, 0.05) is 60.1 Å². The highest BCUT2D eigenvalue weighted by atomic mass is 32.2. The lowest BCUT2D eigenvalue weighted by molar-refractivity contribution is -0.140. The van der Waals surface area contributed by atoms with Gasteiger partial charge in [0.15, 0.2) is 0 Å². The molecule has 0 aromatic heterocycles. The van der Waals surface area contributed by atoms with Crippen molar-refractivity contribution in [3.8, 4) is 0 Å². The van der Waals surface area contributed by atoms with E-state index in [1.54, 1.807) is 4.90 Å². The molecule has 1 atom stereocenters. The molecule has 1 aromatic carbocycles. The molecule has 0 radical (unpaired) electrons. The Balaban J connectivity index is 1.68. The lowest BCUT2D eigenvalue weighted by Crippen LogP contribution is -2.55. The molecule has 2 fully saturated rings. The number of carbonyl (C=O) groups is 1. The predicted molar refractivity (Wildman–Crippen MR) is 84.2 cm³/mol. The maximum absolute atomic E-state index is 13.8. The number of benzene rings is 1. The summed E-state index contributed by atoms with van der Waals surface area (Å²) in [6, 6.07) is 3.25. The molecular formula is C16H20F2N2O2S. The molecule has 126 valence electrons. The quantitative estimate of drug-likeness (QED) is 0.836. The molecule has 23 heavy (non-hydrogen) atoms. The van der Waals surface area contributed by atoms with Crippen LogP contribution in [-0.4, -0.2) is 57.1 Å². The van der Waals surface area contributed by atoms with Crippen molar-refractivity contribution in [1.29, 1.82) is 0 Å². The van der Waals surface area contributed by atoms with Crippen LogP contribution < -0.4 is 0 Å². The normalized spacial score (nSPS) is 24.2. The van der Waals surface area contributed by atoms with Crippen LogP contribution in [0.25, 0.3) is 0 Å². The fourth-order valence-corrected chi connectivity index (χ4v) is 4.32. The van der Waals surface area contributed by atoms with Gasteiger partial charge in [0.1, 0.15) is 11.6 Å². The summed E-state index contributed by atoms with van der Waals surface area (Å²) < 4.78 is 38.3. The highest BCUT2D eigenvalue weighted by molar-refractivity contribution is 7.85. The first-order valence-electron chi connectivity index (χ1n) is 7.86. The number of likely N-dealkylation sites (tertiary alicyclic amines) is 1. The minimum absolute atomic E-state index is 0.00680. The van der Waals surface area contributed by atoms with Gasteiger partial charge in [-0.05, 0) is 18.9 Å². The number of rotatable bonds is 3. The number of halogens is 2. The first-order chi connectivity index (χ1) is 11.0. The average molecular weight is 342 g/mol. The molecule has 0 bridgehead atoms. The summed E-state index contributed by atoms with van der Waals surface area (Å²) in [7, 11) is -0.774. The second-order valence-electron chi connectivity index (χ2n) is 6.04. The minimum Gasteiger partial charge on any atom is -0.337 e. The topological polar surface area (TPSA) is 40.6 Å². The van der Waals surface area contributed by atoms with Crippen molar-refractivity contribution in [2.45, 2.75) is 25.4 Å². The minimum atomic E-state index is -0.774. The van der Waals surface area contributed by atoms with Crippen LogP contribution in [0.1, 0.15) is 18.4 Å². The fraction of sp³-hybridized carbons (Fsp3) is 0.562. The van der Waals surface area contributed by atoms with Gasteiger partial charge in [-0.15, -0.1) is 0 Å². The van der Waals surface area contributed by atoms with E-state index in [1.165, 1.54) is 12.1 Å². The number of hydrogen-bond donors (Lipinski definition) is 0. The van der Waals surface area contributed by atoms with Crippen LogP contribution in [-0.2, 0) is 22.1 Å². The third-order valence-corrected chi connectivity index (χ3v) is 5.81. The molecular weight excluding hydrogens is 322 g/mol. The van der Waals surface area contributed by atoms with E-state index in [2.05, 4.69) is 4.90 Å². The van der Waals surface area contributed by atoms with Crippen molar-refractivity contribution < 1.29 is 17.8 Å². The van der Waals surface area contributed by atoms with Gasteiger partial charge in [-0.2, -0.15) is 0 Å².